The van der Waals surface area contributed by atoms with Crippen molar-refractivity contribution >= 4 is 0 Å². The molecule has 3 atom stereocenters. The van der Waals surface area contributed by atoms with Crippen molar-refractivity contribution in [2.24, 2.45) is 0 Å². The van der Waals surface area contributed by atoms with Crippen LogP contribution in [0.2, 0.25) is 0 Å². The first-order valence-electron chi connectivity index (χ1n) is 4.39. The standard InChI is InChI=1S/C9H18O3/c1-5-9(4,11)7-6(12-7)8(2,3)10/h6-7,10-11H,5H2,1-4H3/t6-,7-,9?/m1/s1. The van der Waals surface area contributed by atoms with Gasteiger partial charge in [0.25, 0.3) is 0 Å². The Labute approximate surface area is 73.4 Å². The molecular weight excluding hydrogens is 156 g/mol. The van der Waals surface area contributed by atoms with Crippen molar-refractivity contribution in [3.8, 4) is 0 Å². The van der Waals surface area contributed by atoms with Crippen LogP contribution in [0, 0.1) is 0 Å². The molecule has 0 saturated carbocycles. The van der Waals surface area contributed by atoms with Gasteiger partial charge in [-0.05, 0) is 27.2 Å². The molecule has 72 valence electrons. The molecule has 1 fully saturated rings. The number of hydrogen-bond donors (Lipinski definition) is 2. The van der Waals surface area contributed by atoms with Crippen LogP contribution < -0.4 is 0 Å². The van der Waals surface area contributed by atoms with E-state index in [4.69, 9.17) is 4.74 Å². The first-order valence-corrected chi connectivity index (χ1v) is 4.39. The molecule has 0 bridgehead atoms. The SMILES string of the molecule is CCC(C)(O)[C@@H]1O[C@H]1C(C)(C)O. The molecule has 0 amide bonds. The van der Waals surface area contributed by atoms with Crippen LogP contribution in [0.3, 0.4) is 0 Å². The van der Waals surface area contributed by atoms with Crippen molar-refractivity contribution in [3.63, 3.8) is 0 Å². The van der Waals surface area contributed by atoms with E-state index >= 15 is 0 Å². The second-order valence-electron chi connectivity index (χ2n) is 4.34. The maximum absolute atomic E-state index is 9.76. The minimum Gasteiger partial charge on any atom is -0.388 e. The number of rotatable bonds is 3. The van der Waals surface area contributed by atoms with E-state index in [2.05, 4.69) is 0 Å². The van der Waals surface area contributed by atoms with Crippen molar-refractivity contribution < 1.29 is 14.9 Å². The van der Waals surface area contributed by atoms with Crippen LogP contribution in [-0.2, 0) is 4.74 Å². The van der Waals surface area contributed by atoms with Crippen LogP contribution in [0.1, 0.15) is 34.1 Å². The lowest BCUT2D eigenvalue weighted by atomic mass is 9.91. The molecule has 3 nitrogen and oxygen atoms in total. The molecule has 1 saturated heterocycles. The lowest BCUT2D eigenvalue weighted by Crippen LogP contribution is -2.37. The molecule has 0 aromatic carbocycles. The van der Waals surface area contributed by atoms with Crippen molar-refractivity contribution in [3.05, 3.63) is 0 Å². The fourth-order valence-corrected chi connectivity index (χ4v) is 1.32. The van der Waals surface area contributed by atoms with Gasteiger partial charge in [0.2, 0.25) is 0 Å². The van der Waals surface area contributed by atoms with Crippen LogP contribution in [0.5, 0.6) is 0 Å². The Morgan fingerprint density at radius 3 is 1.92 bits per heavy atom. The number of hydrogen-bond acceptors (Lipinski definition) is 3. The third kappa shape index (κ3) is 1.79. The predicted octanol–water partition coefficient (Wildman–Crippen LogP) is 0.686. The lowest BCUT2D eigenvalue weighted by molar-refractivity contribution is 0.0249. The van der Waals surface area contributed by atoms with E-state index in [1.54, 1.807) is 20.8 Å². The topological polar surface area (TPSA) is 53.0 Å². The Balaban J connectivity index is 2.53. The Bertz CT molecular complexity index is 169. The lowest BCUT2D eigenvalue weighted by Gasteiger charge is -2.21. The van der Waals surface area contributed by atoms with E-state index in [0.717, 1.165) is 0 Å². The normalized spacial score (nSPS) is 34.5. The fourth-order valence-electron chi connectivity index (χ4n) is 1.32. The number of aliphatic hydroxyl groups is 2. The molecule has 0 spiro atoms. The van der Waals surface area contributed by atoms with Crippen LogP contribution in [0.25, 0.3) is 0 Å². The molecule has 12 heavy (non-hydrogen) atoms. The molecule has 2 N–H and O–H groups in total. The minimum absolute atomic E-state index is 0.206. The molecule has 1 aliphatic heterocycles. The van der Waals surface area contributed by atoms with Gasteiger partial charge in [-0.25, -0.2) is 0 Å². The van der Waals surface area contributed by atoms with Crippen molar-refractivity contribution in [2.45, 2.75) is 57.5 Å². The average molecular weight is 174 g/mol. The van der Waals surface area contributed by atoms with Gasteiger partial charge in [-0.2, -0.15) is 0 Å². The summed E-state index contributed by atoms with van der Waals surface area (Å²) in [6.07, 6.45) is 0.222. The van der Waals surface area contributed by atoms with Gasteiger partial charge in [-0.1, -0.05) is 6.92 Å². The van der Waals surface area contributed by atoms with Crippen molar-refractivity contribution in [1.29, 1.82) is 0 Å². The van der Waals surface area contributed by atoms with Gasteiger partial charge in [0.1, 0.15) is 12.2 Å². The maximum atomic E-state index is 9.76. The van der Waals surface area contributed by atoms with E-state index in [1.165, 1.54) is 0 Å². The Morgan fingerprint density at radius 2 is 1.67 bits per heavy atom. The Kier molecular flexibility index (Phi) is 2.23. The monoisotopic (exact) mass is 174 g/mol. The van der Waals surface area contributed by atoms with E-state index < -0.39 is 11.2 Å². The Morgan fingerprint density at radius 1 is 1.17 bits per heavy atom. The van der Waals surface area contributed by atoms with Gasteiger partial charge in [0.15, 0.2) is 0 Å². The van der Waals surface area contributed by atoms with Crippen LogP contribution in [0.4, 0.5) is 0 Å². The smallest absolute Gasteiger partial charge is 0.115 e. The first kappa shape index (κ1) is 9.96. The van der Waals surface area contributed by atoms with Crippen LogP contribution in [0.15, 0.2) is 0 Å². The molecular formula is C9H18O3. The maximum Gasteiger partial charge on any atom is 0.115 e. The van der Waals surface area contributed by atoms with E-state index in [9.17, 15) is 10.2 Å². The summed E-state index contributed by atoms with van der Waals surface area (Å²) in [5, 5.41) is 19.3. The third-order valence-electron chi connectivity index (χ3n) is 2.52. The summed E-state index contributed by atoms with van der Waals surface area (Å²) in [6, 6.07) is 0. The number of epoxide rings is 1. The average Bonchev–Trinajstić information content (AvgIpc) is 2.63. The van der Waals surface area contributed by atoms with Crippen molar-refractivity contribution in [2.75, 3.05) is 0 Å². The molecule has 1 heterocycles. The summed E-state index contributed by atoms with van der Waals surface area (Å²) in [7, 11) is 0. The number of ether oxygens (including phenoxy) is 1. The zero-order chi connectivity index (χ0) is 9.57. The highest BCUT2D eigenvalue weighted by molar-refractivity contribution is 5.04. The highest BCUT2D eigenvalue weighted by atomic mass is 16.6. The second kappa shape index (κ2) is 2.69. The largest absolute Gasteiger partial charge is 0.388 e. The van der Waals surface area contributed by atoms with Crippen molar-refractivity contribution in [1.82, 2.24) is 0 Å². The summed E-state index contributed by atoms with van der Waals surface area (Å²) in [5.74, 6) is 0. The summed E-state index contributed by atoms with van der Waals surface area (Å²) in [6.45, 7) is 7.04. The van der Waals surface area contributed by atoms with Gasteiger partial charge in [-0.15, -0.1) is 0 Å². The zero-order valence-electron chi connectivity index (χ0n) is 8.16. The molecule has 0 aromatic rings. The molecule has 0 aliphatic carbocycles. The van der Waals surface area contributed by atoms with E-state index in [-0.39, 0.29) is 12.2 Å². The quantitative estimate of drug-likeness (QED) is 0.619. The molecule has 1 rings (SSSR count). The fraction of sp³-hybridized carbons (Fsp3) is 1.00. The predicted molar refractivity (Wildman–Crippen MR) is 45.9 cm³/mol. The minimum atomic E-state index is -0.843. The van der Waals surface area contributed by atoms with Gasteiger partial charge in [0.05, 0.1) is 11.2 Å². The van der Waals surface area contributed by atoms with Gasteiger partial charge in [-0.3, -0.25) is 0 Å². The molecule has 3 heteroatoms. The van der Waals surface area contributed by atoms with Gasteiger partial charge < -0.3 is 14.9 Å². The second-order valence-corrected chi connectivity index (χ2v) is 4.34. The van der Waals surface area contributed by atoms with Crippen LogP contribution >= 0.6 is 0 Å². The molecule has 1 aliphatic rings. The highest BCUT2D eigenvalue weighted by Gasteiger charge is 2.56. The summed E-state index contributed by atoms with van der Waals surface area (Å²) in [5.41, 5.74) is -1.64. The first-order chi connectivity index (χ1) is 5.29. The summed E-state index contributed by atoms with van der Waals surface area (Å²) in [4.78, 5) is 0. The van der Waals surface area contributed by atoms with E-state index in [0.29, 0.717) is 6.42 Å². The molecule has 0 aromatic heterocycles. The van der Waals surface area contributed by atoms with E-state index in [1.807, 2.05) is 6.92 Å². The Hall–Kier alpha value is -0.120. The summed E-state index contributed by atoms with van der Waals surface area (Å²) < 4.78 is 5.24. The highest BCUT2D eigenvalue weighted by Crippen LogP contribution is 2.40. The molecule has 1 unspecified atom stereocenters. The van der Waals surface area contributed by atoms with Crippen LogP contribution in [-0.4, -0.2) is 33.6 Å². The van der Waals surface area contributed by atoms with Gasteiger partial charge in [0, 0.05) is 0 Å². The summed E-state index contributed by atoms with van der Waals surface area (Å²) >= 11 is 0. The molecule has 0 radical (unpaired) electrons. The third-order valence-corrected chi connectivity index (χ3v) is 2.52. The zero-order valence-corrected chi connectivity index (χ0v) is 8.16. The van der Waals surface area contributed by atoms with Gasteiger partial charge >= 0.3 is 0 Å².